The summed E-state index contributed by atoms with van der Waals surface area (Å²) in [5, 5.41) is 0. The fraction of sp³-hybridized carbons (Fsp3) is 0.409. The molecule has 2 saturated heterocycles. The lowest BCUT2D eigenvalue weighted by molar-refractivity contribution is 0.0526. The largest absolute Gasteiger partial charge is 0.462 e. The Morgan fingerprint density at radius 1 is 1.08 bits per heavy atom. The Morgan fingerprint density at radius 2 is 1.85 bits per heavy atom. The van der Waals surface area contributed by atoms with E-state index < -0.39 is 0 Å². The second-order valence-corrected chi connectivity index (χ2v) is 7.09. The third-order valence-corrected chi connectivity index (χ3v) is 5.50. The van der Waals surface area contributed by atoms with E-state index in [2.05, 4.69) is 52.3 Å². The molecule has 26 heavy (non-hydrogen) atoms. The quantitative estimate of drug-likeness (QED) is 0.772. The summed E-state index contributed by atoms with van der Waals surface area (Å²) in [5.74, 6) is -0.252. The Kier molecular flexibility index (Phi) is 4.93. The van der Waals surface area contributed by atoms with Crippen molar-refractivity contribution in [1.82, 2.24) is 4.90 Å². The summed E-state index contributed by atoms with van der Waals surface area (Å²) in [5.41, 5.74) is 3.12. The molecule has 0 saturated carbocycles. The van der Waals surface area contributed by atoms with Gasteiger partial charge in [0.1, 0.15) is 6.17 Å². The highest BCUT2D eigenvalue weighted by Crippen LogP contribution is 2.40. The highest BCUT2D eigenvalue weighted by molar-refractivity contribution is 5.89. The van der Waals surface area contributed by atoms with Crippen LogP contribution in [-0.2, 0) is 4.74 Å². The lowest BCUT2D eigenvalue weighted by Crippen LogP contribution is -2.37. The van der Waals surface area contributed by atoms with Gasteiger partial charge in [-0.05, 0) is 49.6 Å². The number of carbonyl (C=O) groups excluding carboxylic acids is 1. The van der Waals surface area contributed by atoms with Crippen LogP contribution in [0.1, 0.15) is 48.3 Å². The molecule has 0 aromatic heterocycles. The lowest BCUT2D eigenvalue weighted by Gasteiger charge is -2.35. The third-order valence-electron chi connectivity index (χ3n) is 5.50. The van der Waals surface area contributed by atoms with E-state index in [0.29, 0.717) is 18.2 Å². The van der Waals surface area contributed by atoms with Gasteiger partial charge >= 0.3 is 5.97 Å². The SMILES string of the molecule is CCOC(=O)c1ccc(N2C[C@H]3CCCCN3[C@H]2c2ccccc2)cc1. The minimum absolute atomic E-state index is 0.252. The number of piperidine rings is 1. The van der Waals surface area contributed by atoms with Crippen molar-refractivity contribution in [3.8, 4) is 0 Å². The van der Waals surface area contributed by atoms with Crippen LogP contribution in [0.4, 0.5) is 5.69 Å². The van der Waals surface area contributed by atoms with Gasteiger partial charge in [-0.25, -0.2) is 4.79 Å². The molecule has 0 aliphatic carbocycles. The predicted molar refractivity (Wildman–Crippen MR) is 103 cm³/mol. The van der Waals surface area contributed by atoms with Crippen molar-refractivity contribution in [2.75, 3.05) is 24.6 Å². The smallest absolute Gasteiger partial charge is 0.338 e. The Morgan fingerprint density at radius 3 is 2.58 bits per heavy atom. The first-order chi connectivity index (χ1) is 12.8. The normalized spacial score (nSPS) is 22.9. The van der Waals surface area contributed by atoms with Gasteiger partial charge < -0.3 is 9.64 Å². The molecule has 2 atom stereocenters. The monoisotopic (exact) mass is 350 g/mol. The zero-order valence-corrected chi connectivity index (χ0v) is 15.3. The van der Waals surface area contributed by atoms with Crippen LogP contribution >= 0.6 is 0 Å². The van der Waals surface area contributed by atoms with Crippen LogP contribution in [0, 0.1) is 0 Å². The van der Waals surface area contributed by atoms with Crippen LogP contribution in [0.5, 0.6) is 0 Å². The van der Waals surface area contributed by atoms with Gasteiger partial charge in [-0.3, -0.25) is 4.90 Å². The number of benzene rings is 2. The van der Waals surface area contributed by atoms with E-state index in [4.69, 9.17) is 4.74 Å². The average Bonchev–Trinajstić information content (AvgIpc) is 3.08. The zero-order valence-electron chi connectivity index (χ0n) is 15.3. The summed E-state index contributed by atoms with van der Waals surface area (Å²) in [7, 11) is 0. The molecule has 2 aliphatic rings. The van der Waals surface area contributed by atoms with E-state index in [0.717, 1.165) is 13.1 Å². The van der Waals surface area contributed by atoms with Crippen molar-refractivity contribution in [2.45, 2.75) is 38.4 Å². The summed E-state index contributed by atoms with van der Waals surface area (Å²) in [6.45, 7) is 4.43. The fourth-order valence-corrected chi connectivity index (χ4v) is 4.29. The molecule has 0 unspecified atom stereocenters. The first-order valence-electron chi connectivity index (χ1n) is 9.62. The minimum atomic E-state index is -0.252. The molecule has 0 N–H and O–H groups in total. The van der Waals surface area contributed by atoms with Crippen molar-refractivity contribution in [1.29, 1.82) is 0 Å². The van der Waals surface area contributed by atoms with Crippen LogP contribution in [-0.4, -0.2) is 36.6 Å². The standard InChI is InChI=1S/C22H26N2O2/c1-2-26-22(25)18-11-13-19(14-12-18)24-16-20-10-6-7-15-23(20)21(24)17-8-4-3-5-9-17/h3-5,8-9,11-14,20-21H,2,6-7,10,15-16H2,1H3/t20-,21-/m1/s1. The Balaban J connectivity index is 1.64. The molecule has 4 nitrogen and oxygen atoms in total. The maximum Gasteiger partial charge on any atom is 0.338 e. The Bertz CT molecular complexity index is 744. The van der Waals surface area contributed by atoms with Gasteiger partial charge in [0.2, 0.25) is 0 Å². The van der Waals surface area contributed by atoms with Gasteiger partial charge in [0, 0.05) is 24.8 Å². The summed E-state index contributed by atoms with van der Waals surface area (Å²) in [6.07, 6.45) is 4.13. The molecular formula is C22H26N2O2. The number of hydrogen-bond acceptors (Lipinski definition) is 4. The molecule has 0 radical (unpaired) electrons. The van der Waals surface area contributed by atoms with Crippen LogP contribution in [0.25, 0.3) is 0 Å². The average molecular weight is 350 g/mol. The van der Waals surface area contributed by atoms with Gasteiger partial charge in [0.05, 0.1) is 12.2 Å². The van der Waals surface area contributed by atoms with Crippen molar-refractivity contribution in [2.24, 2.45) is 0 Å². The van der Waals surface area contributed by atoms with Gasteiger partial charge in [0.25, 0.3) is 0 Å². The lowest BCUT2D eigenvalue weighted by atomic mass is 10.0. The first-order valence-corrected chi connectivity index (χ1v) is 9.62. The van der Waals surface area contributed by atoms with Gasteiger partial charge in [-0.1, -0.05) is 36.8 Å². The second kappa shape index (κ2) is 7.50. The van der Waals surface area contributed by atoms with Crippen LogP contribution in [0.3, 0.4) is 0 Å². The maximum atomic E-state index is 11.9. The third kappa shape index (κ3) is 3.21. The van der Waals surface area contributed by atoms with E-state index in [-0.39, 0.29) is 12.1 Å². The second-order valence-electron chi connectivity index (χ2n) is 7.09. The molecule has 2 aromatic rings. The Hall–Kier alpha value is -2.33. The van der Waals surface area contributed by atoms with E-state index in [9.17, 15) is 4.79 Å². The first kappa shape index (κ1) is 17.1. The summed E-state index contributed by atoms with van der Waals surface area (Å²) >= 11 is 0. The molecule has 0 bridgehead atoms. The number of anilines is 1. The molecule has 2 heterocycles. The van der Waals surface area contributed by atoms with Crippen LogP contribution < -0.4 is 4.90 Å². The van der Waals surface area contributed by atoms with Crippen molar-refractivity contribution >= 4 is 11.7 Å². The number of ether oxygens (including phenoxy) is 1. The zero-order chi connectivity index (χ0) is 17.9. The number of hydrogen-bond donors (Lipinski definition) is 0. The molecule has 2 aromatic carbocycles. The highest BCUT2D eigenvalue weighted by atomic mass is 16.5. The molecular weight excluding hydrogens is 324 g/mol. The highest BCUT2D eigenvalue weighted by Gasteiger charge is 2.41. The number of fused-ring (bicyclic) bond motifs is 1. The van der Waals surface area contributed by atoms with Gasteiger partial charge in [-0.2, -0.15) is 0 Å². The van der Waals surface area contributed by atoms with Crippen molar-refractivity contribution in [3.63, 3.8) is 0 Å². The number of nitrogens with zero attached hydrogens (tertiary/aromatic N) is 2. The van der Waals surface area contributed by atoms with E-state index >= 15 is 0 Å². The minimum Gasteiger partial charge on any atom is -0.462 e. The summed E-state index contributed by atoms with van der Waals surface area (Å²) in [4.78, 5) is 17.1. The Labute approximate surface area is 155 Å². The van der Waals surface area contributed by atoms with Crippen molar-refractivity contribution in [3.05, 3.63) is 65.7 Å². The summed E-state index contributed by atoms with van der Waals surface area (Å²) in [6, 6.07) is 19.2. The molecule has 0 spiro atoms. The fourth-order valence-electron chi connectivity index (χ4n) is 4.29. The summed E-state index contributed by atoms with van der Waals surface area (Å²) < 4.78 is 5.10. The molecule has 4 rings (SSSR count). The molecule has 136 valence electrons. The van der Waals surface area contributed by atoms with E-state index in [1.807, 2.05) is 19.1 Å². The van der Waals surface area contributed by atoms with Gasteiger partial charge in [0.15, 0.2) is 0 Å². The maximum absolute atomic E-state index is 11.9. The van der Waals surface area contributed by atoms with Crippen LogP contribution in [0.15, 0.2) is 54.6 Å². The van der Waals surface area contributed by atoms with Crippen LogP contribution in [0.2, 0.25) is 0 Å². The molecule has 4 heteroatoms. The molecule has 2 fully saturated rings. The number of esters is 1. The van der Waals surface area contributed by atoms with Crippen molar-refractivity contribution < 1.29 is 9.53 Å². The van der Waals surface area contributed by atoms with Gasteiger partial charge in [-0.15, -0.1) is 0 Å². The number of rotatable bonds is 4. The topological polar surface area (TPSA) is 32.8 Å². The molecule has 0 amide bonds. The number of carbonyl (C=O) groups is 1. The predicted octanol–water partition coefficient (Wildman–Crippen LogP) is 4.24. The van der Waals surface area contributed by atoms with E-state index in [1.165, 1.54) is 30.5 Å². The molecule has 2 aliphatic heterocycles. The van der Waals surface area contributed by atoms with E-state index in [1.54, 1.807) is 0 Å².